The van der Waals surface area contributed by atoms with Gasteiger partial charge in [-0.25, -0.2) is 9.34 Å². The van der Waals surface area contributed by atoms with Crippen molar-refractivity contribution in [2.75, 3.05) is 46.6 Å². The van der Waals surface area contributed by atoms with Crippen LogP contribution >= 0.6 is 7.59 Å². The topological polar surface area (TPSA) is 51.2 Å². The summed E-state index contributed by atoms with van der Waals surface area (Å²) < 4.78 is 19.1. The quantitative estimate of drug-likeness (QED) is 0.799. The number of aliphatic imine (C=N–C) groups is 1. The lowest BCUT2D eigenvalue weighted by Crippen LogP contribution is -2.43. The number of rotatable bonds is 6. The van der Waals surface area contributed by atoms with E-state index in [1.165, 1.54) is 11.1 Å². The van der Waals surface area contributed by atoms with Gasteiger partial charge >= 0.3 is 7.59 Å². The van der Waals surface area contributed by atoms with E-state index in [4.69, 9.17) is 0 Å². The van der Waals surface area contributed by atoms with E-state index in [0.717, 1.165) is 11.5 Å². The Kier molecular flexibility index (Phi) is 5.74. The first-order valence-corrected chi connectivity index (χ1v) is 9.86. The number of nitrogens with one attached hydrogen (secondary N) is 1. The van der Waals surface area contributed by atoms with Crippen molar-refractivity contribution in [1.29, 1.82) is 0 Å². The number of nitrogens with zero attached hydrogens (tertiary/aromatic N) is 4. The lowest BCUT2D eigenvalue weighted by Gasteiger charge is -2.39. The molecule has 0 saturated heterocycles. The van der Waals surface area contributed by atoms with Gasteiger partial charge in [-0.1, -0.05) is 12.1 Å². The fourth-order valence-electron chi connectivity index (χ4n) is 3.07. The monoisotopic (exact) mass is 351 g/mol. The van der Waals surface area contributed by atoms with Gasteiger partial charge in [0.15, 0.2) is 0 Å². The highest BCUT2D eigenvalue weighted by molar-refractivity contribution is 7.57. The highest BCUT2D eigenvalue weighted by Gasteiger charge is 2.41. The lowest BCUT2D eigenvalue weighted by atomic mass is 10.1. The number of hydrogen-bond donors (Lipinski definition) is 1. The summed E-state index contributed by atoms with van der Waals surface area (Å²) in [7, 11) is 4.62. The number of hydrogen-bond acceptors (Lipinski definition) is 3. The predicted octanol–water partition coefficient (Wildman–Crippen LogP) is 3.05. The lowest BCUT2D eigenvalue weighted by molar-refractivity contribution is 0.394. The van der Waals surface area contributed by atoms with Crippen LogP contribution in [-0.2, 0) is 4.57 Å². The molecule has 2 rings (SSSR count). The Hall–Kier alpha value is -1.36. The van der Waals surface area contributed by atoms with Crippen molar-refractivity contribution in [3.8, 4) is 0 Å². The molecule has 6 nitrogen and oxygen atoms in total. The average molecular weight is 351 g/mol. The van der Waals surface area contributed by atoms with Crippen LogP contribution in [0.4, 0.5) is 5.69 Å². The summed E-state index contributed by atoms with van der Waals surface area (Å²) in [6.07, 6.45) is 0. The van der Waals surface area contributed by atoms with E-state index in [1.807, 2.05) is 32.9 Å². The second-order valence-corrected chi connectivity index (χ2v) is 9.79. The maximum absolute atomic E-state index is 13.6. The predicted molar refractivity (Wildman–Crippen MR) is 103 cm³/mol. The first-order valence-electron chi connectivity index (χ1n) is 8.30. The van der Waals surface area contributed by atoms with Crippen LogP contribution in [0.25, 0.3) is 0 Å². The van der Waals surface area contributed by atoms with Crippen LogP contribution in [0.15, 0.2) is 23.2 Å². The van der Waals surface area contributed by atoms with E-state index in [2.05, 4.69) is 49.3 Å². The number of benzene rings is 1. The maximum Gasteiger partial charge on any atom is 0.311 e. The van der Waals surface area contributed by atoms with Crippen molar-refractivity contribution in [1.82, 2.24) is 14.0 Å². The molecule has 0 fully saturated rings. The molecule has 0 aromatic heterocycles. The fourth-order valence-corrected chi connectivity index (χ4v) is 5.51. The minimum atomic E-state index is -2.82. The molecule has 0 amide bonds. The summed E-state index contributed by atoms with van der Waals surface area (Å²) in [6.45, 7) is 7.66. The zero-order valence-electron chi connectivity index (χ0n) is 15.9. The van der Waals surface area contributed by atoms with E-state index >= 15 is 0 Å². The van der Waals surface area contributed by atoms with Crippen molar-refractivity contribution in [2.24, 2.45) is 4.99 Å². The summed E-state index contributed by atoms with van der Waals surface area (Å²) in [5.41, 5.74) is 3.59. The Labute approximate surface area is 146 Å². The molecule has 1 heterocycles. The van der Waals surface area contributed by atoms with Crippen LogP contribution in [0.3, 0.4) is 0 Å². The molecule has 1 aliphatic rings. The zero-order chi connectivity index (χ0) is 18.1. The zero-order valence-corrected chi connectivity index (χ0v) is 16.8. The van der Waals surface area contributed by atoms with E-state index in [9.17, 15) is 4.57 Å². The third-order valence-corrected chi connectivity index (χ3v) is 7.69. The molecule has 0 spiro atoms. The summed E-state index contributed by atoms with van der Waals surface area (Å²) in [6, 6.07) is 6.23. The Morgan fingerprint density at radius 3 is 2.42 bits per heavy atom. The van der Waals surface area contributed by atoms with Crippen molar-refractivity contribution in [3.63, 3.8) is 0 Å². The Morgan fingerprint density at radius 1 is 1.21 bits per heavy atom. The van der Waals surface area contributed by atoms with Gasteiger partial charge in [-0.3, -0.25) is 14.2 Å². The van der Waals surface area contributed by atoms with Gasteiger partial charge in [0.1, 0.15) is 5.84 Å². The molecule has 0 radical (unpaired) electrons. The summed E-state index contributed by atoms with van der Waals surface area (Å²) in [4.78, 5) is 4.65. The van der Waals surface area contributed by atoms with Crippen LogP contribution in [0, 0.1) is 13.8 Å². The van der Waals surface area contributed by atoms with Gasteiger partial charge < -0.3 is 5.32 Å². The molecule has 1 aromatic rings. The van der Waals surface area contributed by atoms with Gasteiger partial charge in [-0.05, 0) is 66.2 Å². The number of amidine groups is 1. The van der Waals surface area contributed by atoms with Gasteiger partial charge in [0.25, 0.3) is 0 Å². The van der Waals surface area contributed by atoms with Gasteiger partial charge in [0.05, 0.1) is 12.6 Å². The molecule has 7 heteroatoms. The second-order valence-electron chi connectivity index (χ2n) is 6.68. The first-order chi connectivity index (χ1) is 11.2. The van der Waals surface area contributed by atoms with Crippen molar-refractivity contribution in [3.05, 3.63) is 29.3 Å². The molecule has 0 bridgehead atoms. The normalized spacial score (nSPS) is 16.7. The molecule has 1 aliphatic heterocycles. The summed E-state index contributed by atoms with van der Waals surface area (Å²) in [5.74, 6) is 0.863. The molecular formula is C17H30N5OP. The summed E-state index contributed by atoms with van der Waals surface area (Å²) >= 11 is 0. The maximum atomic E-state index is 13.6. The van der Waals surface area contributed by atoms with Gasteiger partial charge in [0, 0.05) is 12.2 Å². The Bertz CT molecular complexity index is 659. The number of anilines is 1. The van der Waals surface area contributed by atoms with E-state index in [1.54, 1.807) is 9.34 Å². The fraction of sp³-hybridized carbons (Fsp3) is 0.588. The Balaban J connectivity index is 2.27. The van der Waals surface area contributed by atoms with Crippen LogP contribution in [-0.4, -0.2) is 67.2 Å². The van der Waals surface area contributed by atoms with E-state index in [0.29, 0.717) is 13.1 Å². The SMILES string of the molecule is Cc1cccc(NC(C)C2=NCCN2P(=O)(N(C)C)N(C)C)c1C. The van der Waals surface area contributed by atoms with Crippen LogP contribution < -0.4 is 5.32 Å². The van der Waals surface area contributed by atoms with Crippen molar-refractivity contribution >= 4 is 19.1 Å². The van der Waals surface area contributed by atoms with Crippen molar-refractivity contribution in [2.45, 2.75) is 26.8 Å². The molecule has 134 valence electrons. The smallest absolute Gasteiger partial charge is 0.311 e. The van der Waals surface area contributed by atoms with E-state index < -0.39 is 7.59 Å². The van der Waals surface area contributed by atoms with Crippen LogP contribution in [0.1, 0.15) is 18.1 Å². The third kappa shape index (κ3) is 3.37. The van der Waals surface area contributed by atoms with Gasteiger partial charge in [-0.15, -0.1) is 0 Å². The average Bonchev–Trinajstić information content (AvgIpc) is 3.00. The number of aryl methyl sites for hydroxylation is 1. The highest BCUT2D eigenvalue weighted by Crippen LogP contribution is 2.54. The molecule has 0 saturated carbocycles. The molecule has 24 heavy (non-hydrogen) atoms. The molecule has 1 unspecified atom stereocenters. The third-order valence-electron chi connectivity index (χ3n) is 4.57. The Morgan fingerprint density at radius 2 is 1.83 bits per heavy atom. The summed E-state index contributed by atoms with van der Waals surface area (Å²) in [5, 5.41) is 3.54. The first kappa shape index (κ1) is 19.0. The van der Waals surface area contributed by atoms with Crippen LogP contribution in [0.5, 0.6) is 0 Å². The van der Waals surface area contributed by atoms with Crippen LogP contribution in [0.2, 0.25) is 0 Å². The second kappa shape index (κ2) is 7.26. The molecule has 0 aliphatic carbocycles. The molecular weight excluding hydrogens is 321 g/mol. The standard InChI is InChI=1S/C17H30N5OP/c1-13-9-8-10-16(14(13)2)19-15(3)17-18-11-12-22(17)24(23,20(4)5)21(6)7/h8-10,15,19H,11-12H2,1-7H3. The molecule has 1 atom stereocenters. The minimum Gasteiger partial charge on any atom is -0.375 e. The van der Waals surface area contributed by atoms with Gasteiger partial charge in [0.2, 0.25) is 0 Å². The highest BCUT2D eigenvalue weighted by atomic mass is 31.2. The minimum absolute atomic E-state index is 0.0128. The molecule has 1 N–H and O–H groups in total. The van der Waals surface area contributed by atoms with Gasteiger partial charge in [-0.2, -0.15) is 0 Å². The largest absolute Gasteiger partial charge is 0.375 e. The molecule has 1 aromatic carbocycles. The van der Waals surface area contributed by atoms with Crippen molar-refractivity contribution < 1.29 is 4.57 Å². The van der Waals surface area contributed by atoms with E-state index in [-0.39, 0.29) is 6.04 Å².